The number of primary sulfonamides is 1. The normalized spacial score (nSPS) is 11.3. The summed E-state index contributed by atoms with van der Waals surface area (Å²) in [7, 11) is -3.79. The van der Waals surface area contributed by atoms with Gasteiger partial charge in [-0.15, -0.1) is 0 Å². The van der Waals surface area contributed by atoms with Gasteiger partial charge in [0, 0.05) is 22.1 Å². The molecule has 10 heteroatoms. The Balaban J connectivity index is 1.71. The van der Waals surface area contributed by atoms with E-state index in [1.165, 1.54) is 12.1 Å². The molecule has 4 N–H and O–H groups in total. The summed E-state index contributed by atoms with van der Waals surface area (Å²) in [6.07, 6.45) is -0.590. The van der Waals surface area contributed by atoms with E-state index in [0.29, 0.717) is 17.8 Å². The van der Waals surface area contributed by atoms with Crippen LogP contribution in [-0.4, -0.2) is 29.4 Å². The van der Waals surface area contributed by atoms with Gasteiger partial charge < -0.3 is 5.11 Å². The van der Waals surface area contributed by atoms with Gasteiger partial charge in [-0.05, 0) is 60.2 Å². The molecule has 0 saturated heterocycles. The summed E-state index contributed by atoms with van der Waals surface area (Å²) < 4.78 is 25.9. The van der Waals surface area contributed by atoms with E-state index in [0.717, 1.165) is 27.0 Å². The summed E-state index contributed by atoms with van der Waals surface area (Å²) in [5.41, 5.74) is 4.71. The molecule has 0 unspecified atom stereocenters. The van der Waals surface area contributed by atoms with Crippen molar-refractivity contribution in [2.45, 2.75) is 11.3 Å². The van der Waals surface area contributed by atoms with Crippen molar-refractivity contribution in [2.24, 2.45) is 5.14 Å². The molecule has 33 heavy (non-hydrogen) atoms. The first-order valence-electron chi connectivity index (χ1n) is 9.76. The van der Waals surface area contributed by atoms with Crippen molar-refractivity contribution in [1.82, 2.24) is 9.78 Å². The van der Waals surface area contributed by atoms with E-state index < -0.39 is 16.1 Å². The van der Waals surface area contributed by atoms with Crippen molar-refractivity contribution >= 4 is 37.7 Å². The maximum Gasteiger partial charge on any atom is 0.409 e. The number of carboxylic acid groups (broad SMARTS) is 1. The minimum atomic E-state index is -3.79. The third kappa shape index (κ3) is 5.48. The monoisotopic (exact) mass is 526 g/mol. The lowest BCUT2D eigenvalue weighted by Crippen LogP contribution is -2.12. The third-order valence-electron chi connectivity index (χ3n) is 4.90. The lowest BCUT2D eigenvalue weighted by atomic mass is 10.1. The number of nitrogens with one attached hydrogen (secondary N) is 1. The number of halogens is 1. The van der Waals surface area contributed by atoms with Gasteiger partial charge in [-0.3, -0.25) is 5.32 Å². The van der Waals surface area contributed by atoms with Gasteiger partial charge in [-0.2, -0.15) is 5.10 Å². The molecular weight excluding hydrogens is 508 g/mol. The van der Waals surface area contributed by atoms with Gasteiger partial charge in [0.2, 0.25) is 10.0 Å². The maximum atomic E-state index is 11.6. The number of hydrogen-bond acceptors (Lipinski definition) is 4. The fourth-order valence-corrected chi connectivity index (χ4v) is 4.13. The summed E-state index contributed by atoms with van der Waals surface area (Å²) in [4.78, 5) is 10.8. The van der Waals surface area contributed by atoms with E-state index in [9.17, 15) is 13.2 Å². The summed E-state index contributed by atoms with van der Waals surface area (Å²) in [5, 5.41) is 21.1. The van der Waals surface area contributed by atoms with E-state index in [1.807, 2.05) is 42.5 Å². The molecule has 4 rings (SSSR count). The first-order valence-corrected chi connectivity index (χ1v) is 12.1. The molecule has 3 aromatic carbocycles. The zero-order valence-corrected chi connectivity index (χ0v) is 19.5. The molecule has 168 valence electrons. The number of nitrogens with two attached hydrogens (primary N) is 1. The Morgan fingerprint density at radius 2 is 1.64 bits per heavy atom. The highest BCUT2D eigenvalue weighted by molar-refractivity contribution is 9.10. The smallest absolute Gasteiger partial charge is 0.409 e. The number of amides is 1. The molecule has 1 heterocycles. The molecule has 0 saturated carbocycles. The topological polar surface area (TPSA) is 127 Å². The van der Waals surface area contributed by atoms with Crippen LogP contribution in [0.5, 0.6) is 0 Å². The predicted octanol–water partition coefficient (Wildman–Crippen LogP) is 4.63. The van der Waals surface area contributed by atoms with Gasteiger partial charge in [-0.25, -0.2) is 23.0 Å². The lowest BCUT2D eigenvalue weighted by molar-refractivity contribution is 0.209. The quantitative estimate of drug-likeness (QED) is 0.337. The number of anilines is 1. The Morgan fingerprint density at radius 1 is 1.00 bits per heavy atom. The van der Waals surface area contributed by atoms with Crippen molar-refractivity contribution in [2.75, 3.05) is 5.32 Å². The van der Waals surface area contributed by atoms with Gasteiger partial charge in [-0.1, -0.05) is 40.2 Å². The average molecular weight is 527 g/mol. The highest BCUT2D eigenvalue weighted by Gasteiger charge is 2.14. The standard InChI is InChI=1S/C23H19BrN4O4S/c24-17-5-3-16(4-6-17)22-14-19(13-15-1-7-18(8-2-15)26-23(29)30)27-28(22)20-9-11-21(12-10-20)33(25,31)32/h1-12,14,26H,13H2,(H,29,30)(H2,25,31,32). The molecule has 4 aromatic rings. The van der Waals surface area contributed by atoms with Crippen LogP contribution in [-0.2, 0) is 16.4 Å². The van der Waals surface area contributed by atoms with Gasteiger partial charge in [0.25, 0.3) is 0 Å². The fourth-order valence-electron chi connectivity index (χ4n) is 3.36. The number of aromatic nitrogens is 2. The molecule has 0 radical (unpaired) electrons. The molecule has 8 nitrogen and oxygen atoms in total. The van der Waals surface area contributed by atoms with E-state index in [-0.39, 0.29) is 4.90 Å². The Labute approximate surface area is 198 Å². The zero-order chi connectivity index (χ0) is 23.6. The minimum Gasteiger partial charge on any atom is -0.465 e. The minimum absolute atomic E-state index is 0.0267. The second-order valence-corrected chi connectivity index (χ2v) is 9.76. The van der Waals surface area contributed by atoms with Crippen LogP contribution in [0.4, 0.5) is 10.5 Å². The van der Waals surface area contributed by atoms with E-state index in [1.54, 1.807) is 28.9 Å². The average Bonchev–Trinajstić information content (AvgIpc) is 3.18. The number of hydrogen-bond donors (Lipinski definition) is 3. The SMILES string of the molecule is NS(=O)(=O)c1ccc(-n2nc(Cc3ccc(NC(=O)O)cc3)cc2-c2ccc(Br)cc2)cc1. The van der Waals surface area contributed by atoms with Gasteiger partial charge in [0.05, 0.1) is 22.0 Å². The van der Waals surface area contributed by atoms with Crippen molar-refractivity contribution in [3.05, 3.63) is 94.6 Å². The van der Waals surface area contributed by atoms with Gasteiger partial charge in [0.1, 0.15) is 0 Å². The molecular formula is C23H19BrN4O4S. The van der Waals surface area contributed by atoms with Crippen LogP contribution in [0.3, 0.4) is 0 Å². The molecule has 0 aliphatic carbocycles. The Kier molecular flexibility index (Phi) is 6.32. The highest BCUT2D eigenvalue weighted by atomic mass is 79.9. The third-order valence-corrected chi connectivity index (χ3v) is 6.36. The Morgan fingerprint density at radius 3 is 2.21 bits per heavy atom. The van der Waals surface area contributed by atoms with Crippen LogP contribution in [0.25, 0.3) is 16.9 Å². The Bertz CT molecular complexity index is 1400. The molecule has 0 spiro atoms. The van der Waals surface area contributed by atoms with Gasteiger partial charge >= 0.3 is 6.09 Å². The van der Waals surface area contributed by atoms with Crippen LogP contribution in [0.15, 0.2) is 88.2 Å². The summed E-state index contributed by atoms with van der Waals surface area (Å²) in [5.74, 6) is 0. The predicted molar refractivity (Wildman–Crippen MR) is 129 cm³/mol. The van der Waals surface area contributed by atoms with E-state index in [4.69, 9.17) is 15.3 Å². The molecule has 0 aliphatic rings. The molecule has 0 atom stereocenters. The van der Waals surface area contributed by atoms with Crippen molar-refractivity contribution in [1.29, 1.82) is 0 Å². The van der Waals surface area contributed by atoms with Crippen LogP contribution in [0.2, 0.25) is 0 Å². The number of rotatable bonds is 6. The maximum absolute atomic E-state index is 11.6. The number of sulfonamides is 1. The first kappa shape index (κ1) is 22.7. The highest BCUT2D eigenvalue weighted by Crippen LogP contribution is 2.27. The van der Waals surface area contributed by atoms with E-state index in [2.05, 4.69) is 21.2 Å². The van der Waals surface area contributed by atoms with Gasteiger partial charge in [0.15, 0.2) is 0 Å². The largest absolute Gasteiger partial charge is 0.465 e. The molecule has 1 amide bonds. The first-order chi connectivity index (χ1) is 15.7. The Hall–Kier alpha value is -3.47. The lowest BCUT2D eigenvalue weighted by Gasteiger charge is -2.08. The summed E-state index contributed by atoms with van der Waals surface area (Å²) >= 11 is 3.45. The molecule has 0 fully saturated rings. The number of carbonyl (C=O) groups is 1. The summed E-state index contributed by atoms with van der Waals surface area (Å²) in [6, 6.07) is 23.1. The molecule has 0 aliphatic heterocycles. The van der Waals surface area contributed by atoms with Crippen LogP contribution >= 0.6 is 15.9 Å². The second-order valence-electron chi connectivity index (χ2n) is 7.28. The molecule has 1 aromatic heterocycles. The fraction of sp³-hybridized carbons (Fsp3) is 0.0435. The van der Waals surface area contributed by atoms with Crippen LogP contribution in [0, 0.1) is 0 Å². The molecule has 0 bridgehead atoms. The summed E-state index contributed by atoms with van der Waals surface area (Å²) in [6.45, 7) is 0. The number of benzene rings is 3. The van der Waals surface area contributed by atoms with E-state index >= 15 is 0 Å². The van der Waals surface area contributed by atoms with Crippen LogP contribution in [0.1, 0.15) is 11.3 Å². The zero-order valence-electron chi connectivity index (χ0n) is 17.1. The number of nitrogens with zero attached hydrogens (tertiary/aromatic N) is 2. The van der Waals surface area contributed by atoms with Crippen molar-refractivity contribution < 1.29 is 18.3 Å². The van der Waals surface area contributed by atoms with Crippen molar-refractivity contribution in [3.8, 4) is 16.9 Å². The second kappa shape index (κ2) is 9.18. The van der Waals surface area contributed by atoms with Crippen LogP contribution < -0.4 is 10.5 Å². The van der Waals surface area contributed by atoms with Crippen molar-refractivity contribution in [3.63, 3.8) is 0 Å².